The number of rotatable bonds is 4. The maximum absolute atomic E-state index is 12.8. The van der Waals surface area contributed by atoms with Gasteiger partial charge in [0.1, 0.15) is 0 Å². The number of carbonyl (C=O) groups excluding carboxylic acids is 1. The van der Waals surface area contributed by atoms with Gasteiger partial charge in [0.05, 0.1) is 23.9 Å². The van der Waals surface area contributed by atoms with Crippen LogP contribution in [-0.2, 0) is 16.6 Å². The van der Waals surface area contributed by atoms with Crippen molar-refractivity contribution in [2.45, 2.75) is 31.8 Å². The largest absolute Gasteiger partial charge is 0.377 e. The first-order valence-electron chi connectivity index (χ1n) is 8.23. The summed E-state index contributed by atoms with van der Waals surface area (Å²) in [6.07, 6.45) is 7.91. The molecule has 2 atom stereocenters. The van der Waals surface area contributed by atoms with Gasteiger partial charge in [0, 0.05) is 26.9 Å². The smallest absolute Gasteiger partial charge is 0.232 e. The van der Waals surface area contributed by atoms with Gasteiger partial charge in [-0.2, -0.15) is 5.10 Å². The zero-order valence-corrected chi connectivity index (χ0v) is 13.5. The van der Waals surface area contributed by atoms with Gasteiger partial charge in [0.2, 0.25) is 5.91 Å². The first-order chi connectivity index (χ1) is 10.6. The molecule has 1 aromatic rings. The average molecular weight is 306 g/mol. The summed E-state index contributed by atoms with van der Waals surface area (Å²) in [7, 11) is 3.69. The van der Waals surface area contributed by atoms with Gasteiger partial charge in [-0.1, -0.05) is 0 Å². The van der Waals surface area contributed by atoms with Crippen LogP contribution in [0, 0.1) is 11.8 Å². The number of aromatic nitrogens is 2. The molecule has 2 saturated heterocycles. The highest BCUT2D eigenvalue weighted by molar-refractivity contribution is 5.94. The van der Waals surface area contributed by atoms with E-state index in [9.17, 15) is 4.79 Å². The van der Waals surface area contributed by atoms with Crippen LogP contribution in [0.4, 0.5) is 5.69 Å². The van der Waals surface area contributed by atoms with Crippen molar-refractivity contribution < 1.29 is 9.53 Å². The van der Waals surface area contributed by atoms with E-state index < -0.39 is 0 Å². The number of hydrogen-bond acceptors (Lipinski definition) is 4. The Hall–Kier alpha value is -1.40. The van der Waals surface area contributed by atoms with Crippen LogP contribution in [0.5, 0.6) is 0 Å². The van der Waals surface area contributed by atoms with Gasteiger partial charge in [0.25, 0.3) is 0 Å². The van der Waals surface area contributed by atoms with Crippen molar-refractivity contribution in [3.8, 4) is 0 Å². The Kier molecular flexibility index (Phi) is 4.78. The molecule has 22 heavy (non-hydrogen) atoms. The van der Waals surface area contributed by atoms with Crippen LogP contribution in [0.3, 0.4) is 0 Å². The predicted octanol–water partition coefficient (Wildman–Crippen LogP) is 1.18. The Morgan fingerprint density at radius 3 is 2.91 bits per heavy atom. The van der Waals surface area contributed by atoms with Gasteiger partial charge in [-0.25, -0.2) is 0 Å². The number of piperidine rings is 1. The number of nitrogens with zero attached hydrogens (tertiary/aromatic N) is 3. The van der Waals surface area contributed by atoms with Gasteiger partial charge in [-0.05, 0) is 44.7 Å². The molecule has 0 aliphatic carbocycles. The second kappa shape index (κ2) is 6.79. The molecule has 1 amide bonds. The fourth-order valence-corrected chi connectivity index (χ4v) is 3.57. The van der Waals surface area contributed by atoms with Gasteiger partial charge in [-0.3, -0.25) is 9.48 Å². The van der Waals surface area contributed by atoms with E-state index in [2.05, 4.69) is 10.4 Å². The minimum atomic E-state index is -0.0138. The summed E-state index contributed by atoms with van der Waals surface area (Å²) in [4.78, 5) is 14.5. The van der Waals surface area contributed by atoms with E-state index in [4.69, 9.17) is 4.74 Å². The van der Waals surface area contributed by atoms with Crippen LogP contribution in [0.2, 0.25) is 0 Å². The van der Waals surface area contributed by atoms with Crippen molar-refractivity contribution in [1.29, 1.82) is 0 Å². The van der Waals surface area contributed by atoms with E-state index in [1.54, 1.807) is 15.8 Å². The lowest BCUT2D eigenvalue weighted by atomic mass is 9.87. The number of carbonyl (C=O) groups is 1. The van der Waals surface area contributed by atoms with Crippen LogP contribution in [0.25, 0.3) is 0 Å². The van der Waals surface area contributed by atoms with Gasteiger partial charge < -0.3 is 15.0 Å². The van der Waals surface area contributed by atoms with Crippen molar-refractivity contribution in [1.82, 2.24) is 15.1 Å². The number of aryl methyl sites for hydroxylation is 1. The number of amides is 1. The van der Waals surface area contributed by atoms with Crippen molar-refractivity contribution in [3.05, 3.63) is 12.4 Å². The van der Waals surface area contributed by atoms with Gasteiger partial charge in [-0.15, -0.1) is 0 Å². The summed E-state index contributed by atoms with van der Waals surface area (Å²) in [5, 5.41) is 7.53. The van der Waals surface area contributed by atoms with E-state index >= 15 is 0 Å². The zero-order chi connectivity index (χ0) is 15.5. The molecule has 6 heteroatoms. The summed E-state index contributed by atoms with van der Waals surface area (Å²) in [5.41, 5.74) is 0.847. The maximum Gasteiger partial charge on any atom is 0.232 e. The third-order valence-electron chi connectivity index (χ3n) is 4.96. The summed E-state index contributed by atoms with van der Waals surface area (Å²) >= 11 is 0. The highest BCUT2D eigenvalue weighted by Crippen LogP contribution is 2.31. The van der Waals surface area contributed by atoms with E-state index in [0.717, 1.165) is 31.6 Å². The molecule has 122 valence electrons. The SMILES string of the molecule is CN(C(=O)[C@@H]1CCO[C@@H]1CC1CCNCC1)c1cnn(C)c1. The maximum atomic E-state index is 12.8. The Morgan fingerprint density at radius 1 is 1.45 bits per heavy atom. The summed E-state index contributed by atoms with van der Waals surface area (Å²) in [6.45, 7) is 2.88. The van der Waals surface area contributed by atoms with Crippen molar-refractivity contribution in [2.24, 2.45) is 18.9 Å². The highest BCUT2D eigenvalue weighted by atomic mass is 16.5. The Bertz CT molecular complexity index is 510. The molecule has 1 aromatic heterocycles. The molecule has 0 spiro atoms. The predicted molar refractivity (Wildman–Crippen MR) is 84.7 cm³/mol. The molecule has 6 nitrogen and oxygen atoms in total. The van der Waals surface area contributed by atoms with Crippen LogP contribution < -0.4 is 10.2 Å². The summed E-state index contributed by atoms with van der Waals surface area (Å²) in [6, 6.07) is 0. The fourth-order valence-electron chi connectivity index (χ4n) is 3.57. The molecule has 3 rings (SSSR count). The molecular formula is C16H26N4O2. The molecule has 3 heterocycles. The molecule has 0 unspecified atom stereocenters. The normalized spacial score (nSPS) is 26.3. The molecular weight excluding hydrogens is 280 g/mol. The molecule has 2 aliphatic heterocycles. The Labute approximate surface area is 131 Å². The molecule has 2 fully saturated rings. The molecule has 2 aliphatic rings. The molecule has 0 bridgehead atoms. The topological polar surface area (TPSA) is 59.4 Å². The minimum Gasteiger partial charge on any atom is -0.377 e. The van der Waals surface area contributed by atoms with Crippen molar-refractivity contribution >= 4 is 11.6 Å². The molecule has 0 aromatic carbocycles. The lowest BCUT2D eigenvalue weighted by Crippen LogP contribution is -2.38. The third-order valence-corrected chi connectivity index (χ3v) is 4.96. The van der Waals surface area contributed by atoms with Crippen LogP contribution in [-0.4, -0.2) is 48.5 Å². The third kappa shape index (κ3) is 3.33. The summed E-state index contributed by atoms with van der Waals surface area (Å²) < 4.78 is 7.61. The van der Waals surface area contributed by atoms with Crippen molar-refractivity contribution in [3.63, 3.8) is 0 Å². The highest BCUT2D eigenvalue weighted by Gasteiger charge is 2.37. The first kappa shape index (κ1) is 15.5. The van der Waals surface area contributed by atoms with E-state index in [0.29, 0.717) is 12.5 Å². The van der Waals surface area contributed by atoms with Crippen molar-refractivity contribution in [2.75, 3.05) is 31.6 Å². The lowest BCUT2D eigenvalue weighted by molar-refractivity contribution is -0.124. The quantitative estimate of drug-likeness (QED) is 0.907. The van der Waals surface area contributed by atoms with E-state index in [1.165, 1.54) is 12.8 Å². The number of ether oxygens (including phenoxy) is 1. The van der Waals surface area contributed by atoms with Crippen LogP contribution in [0.15, 0.2) is 12.4 Å². The van der Waals surface area contributed by atoms with Gasteiger partial charge >= 0.3 is 0 Å². The standard InChI is InChI=1S/C16H26N4O2/c1-19-11-13(10-18-19)20(2)16(21)14-5-8-22-15(14)9-12-3-6-17-7-4-12/h10-12,14-15,17H,3-9H2,1-2H3/t14-,15-/m1/s1. The zero-order valence-electron chi connectivity index (χ0n) is 13.5. The Morgan fingerprint density at radius 2 is 2.23 bits per heavy atom. The van der Waals surface area contributed by atoms with Gasteiger partial charge in [0.15, 0.2) is 0 Å². The first-order valence-corrected chi connectivity index (χ1v) is 8.23. The second-order valence-electron chi connectivity index (χ2n) is 6.50. The number of hydrogen-bond donors (Lipinski definition) is 1. The molecule has 0 radical (unpaired) electrons. The number of anilines is 1. The number of nitrogens with one attached hydrogen (secondary N) is 1. The van der Waals surface area contributed by atoms with E-state index in [1.807, 2.05) is 20.3 Å². The summed E-state index contributed by atoms with van der Waals surface area (Å²) in [5.74, 6) is 0.827. The lowest BCUT2D eigenvalue weighted by Gasteiger charge is -2.28. The fraction of sp³-hybridized carbons (Fsp3) is 0.750. The minimum absolute atomic E-state index is 0.0138. The molecule has 1 N–H and O–H groups in total. The molecule has 0 saturated carbocycles. The van der Waals surface area contributed by atoms with Crippen LogP contribution in [0.1, 0.15) is 25.7 Å². The Balaban J connectivity index is 1.62. The second-order valence-corrected chi connectivity index (χ2v) is 6.50. The van der Waals surface area contributed by atoms with E-state index in [-0.39, 0.29) is 17.9 Å². The van der Waals surface area contributed by atoms with Crippen LogP contribution >= 0.6 is 0 Å². The monoisotopic (exact) mass is 306 g/mol. The average Bonchev–Trinajstić information content (AvgIpc) is 3.16.